The summed E-state index contributed by atoms with van der Waals surface area (Å²) >= 11 is 0.802. The lowest BCUT2D eigenvalue weighted by molar-refractivity contribution is -0.134. The zero-order chi connectivity index (χ0) is 12.3. The third kappa shape index (κ3) is 2.93. The minimum Gasteiger partial charge on any atom is -0.481 e. The number of aliphatic carboxylic acids is 1. The molecule has 7 heteroatoms. The van der Waals surface area contributed by atoms with E-state index in [1.54, 1.807) is 13.8 Å². The van der Waals surface area contributed by atoms with Crippen molar-refractivity contribution in [3.05, 3.63) is 11.1 Å². The number of thioether (sulfide) groups is 1. The number of aliphatic imine (C=N–C) groups is 1. The number of amides is 2. The molecular formula is C9H10N2O4S. The van der Waals surface area contributed by atoms with E-state index >= 15 is 0 Å². The van der Waals surface area contributed by atoms with Crippen LogP contribution in [0.1, 0.15) is 13.8 Å². The van der Waals surface area contributed by atoms with Gasteiger partial charge in [0.25, 0.3) is 11.8 Å². The van der Waals surface area contributed by atoms with Crippen LogP contribution >= 0.6 is 11.8 Å². The fourth-order valence-electron chi connectivity index (χ4n) is 1.07. The van der Waals surface area contributed by atoms with Crippen LogP contribution in [0.2, 0.25) is 0 Å². The van der Waals surface area contributed by atoms with Crippen molar-refractivity contribution in [3.8, 4) is 0 Å². The van der Waals surface area contributed by atoms with E-state index in [1.807, 2.05) is 0 Å². The summed E-state index contributed by atoms with van der Waals surface area (Å²) < 4.78 is 0. The highest BCUT2D eigenvalue weighted by Gasteiger charge is 2.26. The predicted octanol–water partition coefficient (Wildman–Crippen LogP) is 0.153. The lowest BCUT2D eigenvalue weighted by Gasteiger charge is -2.14. The van der Waals surface area contributed by atoms with Gasteiger partial charge in [0.1, 0.15) is 5.57 Å². The SMILES string of the molecule is CC(C)=C1C(=O)N=C(SCC(=O)O)NC1=O. The molecule has 0 aromatic carbocycles. The number of rotatable bonds is 2. The van der Waals surface area contributed by atoms with Crippen molar-refractivity contribution in [1.29, 1.82) is 0 Å². The van der Waals surface area contributed by atoms with Crippen LogP contribution in [0.5, 0.6) is 0 Å². The van der Waals surface area contributed by atoms with Gasteiger partial charge in [0, 0.05) is 0 Å². The largest absolute Gasteiger partial charge is 0.481 e. The van der Waals surface area contributed by atoms with Crippen molar-refractivity contribution in [2.75, 3.05) is 5.75 Å². The number of nitrogens with zero attached hydrogens (tertiary/aromatic N) is 1. The minimum absolute atomic E-state index is 0.0136. The maximum absolute atomic E-state index is 11.5. The van der Waals surface area contributed by atoms with Gasteiger partial charge >= 0.3 is 5.97 Å². The summed E-state index contributed by atoms with van der Waals surface area (Å²) in [7, 11) is 0. The molecule has 0 unspecified atom stereocenters. The van der Waals surface area contributed by atoms with E-state index in [1.165, 1.54) is 0 Å². The number of nitrogens with one attached hydrogen (secondary N) is 1. The number of carboxylic acid groups (broad SMARTS) is 1. The smallest absolute Gasteiger partial charge is 0.313 e. The number of allylic oxidation sites excluding steroid dienone is 1. The summed E-state index contributed by atoms with van der Waals surface area (Å²) in [6.45, 7) is 3.27. The molecule has 6 nitrogen and oxygen atoms in total. The molecule has 1 aliphatic rings. The molecule has 0 saturated carbocycles. The summed E-state index contributed by atoms with van der Waals surface area (Å²) in [5.41, 5.74) is 0.591. The van der Waals surface area contributed by atoms with Crippen LogP contribution in [0.4, 0.5) is 0 Å². The highest BCUT2D eigenvalue weighted by atomic mass is 32.2. The number of carbonyl (C=O) groups is 3. The van der Waals surface area contributed by atoms with E-state index in [0.29, 0.717) is 5.57 Å². The summed E-state index contributed by atoms with van der Waals surface area (Å²) in [5.74, 6) is -2.46. The van der Waals surface area contributed by atoms with Crippen LogP contribution in [0.15, 0.2) is 16.1 Å². The van der Waals surface area contributed by atoms with Crippen LogP contribution in [-0.4, -0.2) is 33.8 Å². The van der Waals surface area contributed by atoms with Crippen molar-refractivity contribution >= 4 is 34.7 Å². The van der Waals surface area contributed by atoms with Gasteiger partial charge in [-0.05, 0) is 13.8 Å². The van der Waals surface area contributed by atoms with Gasteiger partial charge in [-0.2, -0.15) is 4.99 Å². The lowest BCUT2D eigenvalue weighted by Crippen LogP contribution is -2.38. The quantitative estimate of drug-likeness (QED) is 0.531. The van der Waals surface area contributed by atoms with Gasteiger partial charge < -0.3 is 10.4 Å². The molecular weight excluding hydrogens is 232 g/mol. The van der Waals surface area contributed by atoms with Gasteiger partial charge in [-0.25, -0.2) is 0 Å². The van der Waals surface area contributed by atoms with E-state index in [9.17, 15) is 14.4 Å². The van der Waals surface area contributed by atoms with Crippen molar-refractivity contribution in [2.24, 2.45) is 4.99 Å². The van der Waals surface area contributed by atoms with E-state index in [0.717, 1.165) is 11.8 Å². The maximum Gasteiger partial charge on any atom is 0.313 e. The molecule has 0 aromatic rings. The summed E-state index contributed by atoms with van der Waals surface area (Å²) in [6, 6.07) is 0. The molecule has 1 aliphatic heterocycles. The Kier molecular flexibility index (Phi) is 3.83. The average molecular weight is 242 g/mol. The highest BCUT2D eigenvalue weighted by molar-refractivity contribution is 8.14. The second-order valence-corrected chi connectivity index (χ2v) is 4.20. The second-order valence-electron chi connectivity index (χ2n) is 3.23. The monoisotopic (exact) mass is 242 g/mol. The zero-order valence-corrected chi connectivity index (χ0v) is 9.55. The van der Waals surface area contributed by atoms with E-state index in [4.69, 9.17) is 5.11 Å². The maximum atomic E-state index is 11.5. The highest BCUT2D eigenvalue weighted by Crippen LogP contribution is 2.14. The Morgan fingerprint density at radius 3 is 2.50 bits per heavy atom. The molecule has 2 N–H and O–H groups in total. The van der Waals surface area contributed by atoms with Crippen molar-refractivity contribution < 1.29 is 19.5 Å². The molecule has 0 saturated heterocycles. The number of hydrogen-bond donors (Lipinski definition) is 2. The second kappa shape index (κ2) is 4.93. The Balaban J connectivity index is 2.85. The average Bonchev–Trinajstić information content (AvgIpc) is 2.12. The van der Waals surface area contributed by atoms with Gasteiger partial charge in [0.15, 0.2) is 5.17 Å². The Hall–Kier alpha value is -1.63. The Morgan fingerprint density at radius 2 is 2.06 bits per heavy atom. The molecule has 86 valence electrons. The zero-order valence-electron chi connectivity index (χ0n) is 8.73. The molecule has 0 aliphatic carbocycles. The summed E-state index contributed by atoms with van der Waals surface area (Å²) in [6.07, 6.45) is 0. The van der Waals surface area contributed by atoms with Crippen LogP contribution < -0.4 is 5.32 Å². The van der Waals surface area contributed by atoms with Crippen LogP contribution in [0, 0.1) is 0 Å². The summed E-state index contributed by atoms with van der Waals surface area (Å²) in [4.78, 5) is 36.8. The number of amidine groups is 1. The van der Waals surface area contributed by atoms with Crippen LogP contribution in [0.3, 0.4) is 0 Å². The Labute approximate surface area is 95.8 Å². The molecule has 2 amide bonds. The third-order valence-corrected chi connectivity index (χ3v) is 2.55. The molecule has 0 spiro atoms. The van der Waals surface area contributed by atoms with Gasteiger partial charge in [0.2, 0.25) is 0 Å². The first-order chi connectivity index (χ1) is 7.41. The van der Waals surface area contributed by atoms with Gasteiger partial charge in [-0.15, -0.1) is 0 Å². The molecule has 0 atom stereocenters. The van der Waals surface area contributed by atoms with E-state index in [-0.39, 0.29) is 16.5 Å². The first-order valence-electron chi connectivity index (χ1n) is 4.38. The normalized spacial score (nSPS) is 15.6. The minimum atomic E-state index is -1.04. The molecule has 16 heavy (non-hydrogen) atoms. The predicted molar refractivity (Wildman–Crippen MR) is 59.1 cm³/mol. The molecule has 0 bridgehead atoms. The molecule has 0 fully saturated rings. The number of carbonyl (C=O) groups excluding carboxylic acids is 2. The van der Waals surface area contributed by atoms with Crippen molar-refractivity contribution in [3.63, 3.8) is 0 Å². The van der Waals surface area contributed by atoms with E-state index < -0.39 is 17.8 Å². The standard InChI is InChI=1S/C9H10N2O4S/c1-4(2)6-7(14)10-9(11-8(6)15)16-3-5(12)13/h3H2,1-2H3,(H,12,13)(H,10,11,14,15). The molecule has 0 radical (unpaired) electrons. The Morgan fingerprint density at radius 1 is 1.44 bits per heavy atom. The van der Waals surface area contributed by atoms with Gasteiger partial charge in [0.05, 0.1) is 5.75 Å². The summed E-state index contributed by atoms with van der Waals surface area (Å²) in [5, 5.41) is 10.8. The third-order valence-electron chi connectivity index (χ3n) is 1.70. The van der Waals surface area contributed by atoms with Crippen molar-refractivity contribution in [1.82, 2.24) is 5.32 Å². The Bertz CT molecular complexity index is 421. The molecule has 0 aromatic heterocycles. The first-order valence-corrected chi connectivity index (χ1v) is 5.37. The van der Waals surface area contributed by atoms with Gasteiger partial charge in [-0.3, -0.25) is 14.4 Å². The number of carboxylic acids is 1. The lowest BCUT2D eigenvalue weighted by atomic mass is 10.1. The first kappa shape index (κ1) is 12.4. The van der Waals surface area contributed by atoms with Gasteiger partial charge in [-0.1, -0.05) is 17.3 Å². The fourth-order valence-corrected chi connectivity index (χ4v) is 1.64. The molecule has 1 rings (SSSR count). The van der Waals surface area contributed by atoms with E-state index in [2.05, 4.69) is 10.3 Å². The topological polar surface area (TPSA) is 95.8 Å². The molecule has 1 heterocycles. The number of hydrogen-bond acceptors (Lipinski definition) is 4. The fraction of sp³-hybridized carbons (Fsp3) is 0.333. The van der Waals surface area contributed by atoms with Crippen LogP contribution in [-0.2, 0) is 14.4 Å². The van der Waals surface area contributed by atoms with Crippen molar-refractivity contribution in [2.45, 2.75) is 13.8 Å². The van der Waals surface area contributed by atoms with Crippen LogP contribution in [0.25, 0.3) is 0 Å².